The van der Waals surface area contributed by atoms with Gasteiger partial charge in [-0.25, -0.2) is 4.39 Å². The molecule has 2 aliphatic heterocycles. The molecule has 2 aliphatic rings. The summed E-state index contributed by atoms with van der Waals surface area (Å²) in [5, 5.41) is 12.9. The van der Waals surface area contributed by atoms with Crippen LogP contribution in [0.4, 0.5) is 4.39 Å². The van der Waals surface area contributed by atoms with Crippen LogP contribution in [0.25, 0.3) is 33.2 Å². The molecule has 0 radical (unpaired) electrons. The van der Waals surface area contributed by atoms with Crippen LogP contribution in [0.3, 0.4) is 0 Å². The maximum atomic E-state index is 14.0. The van der Waals surface area contributed by atoms with Crippen molar-refractivity contribution < 1.29 is 18.7 Å². The number of para-hydroxylation sites is 1. The average molecular weight is 907 g/mol. The van der Waals surface area contributed by atoms with Gasteiger partial charge in [0.05, 0.1) is 11.8 Å². The number of piperidine rings is 1. The SMILES string of the molecule is CC(C)Oc1ccccc1-c1ccc(CNC2(C(=O)NCCCn3cc(-c4ccc(OCF)cc4)c4cc(CN5CCN(Cc6c(Cl)cccc6Cl)CC5)ccc43)CCNCC2)nc1. The largest absolute Gasteiger partial charge is 0.490 e. The highest BCUT2D eigenvalue weighted by atomic mass is 35.5. The summed E-state index contributed by atoms with van der Waals surface area (Å²) in [6, 6.07) is 32.1. The van der Waals surface area contributed by atoms with Gasteiger partial charge in [0.1, 0.15) is 17.0 Å². The zero-order valence-corrected chi connectivity index (χ0v) is 38.2. The number of aromatic nitrogens is 2. The Morgan fingerprint density at radius 3 is 2.28 bits per heavy atom. The van der Waals surface area contributed by atoms with Gasteiger partial charge in [-0.1, -0.05) is 71.7 Å². The lowest BCUT2D eigenvalue weighted by Gasteiger charge is -2.37. The van der Waals surface area contributed by atoms with Gasteiger partial charge in [0.15, 0.2) is 0 Å². The van der Waals surface area contributed by atoms with Crippen LogP contribution >= 0.6 is 23.2 Å². The van der Waals surface area contributed by atoms with E-state index in [0.717, 1.165) is 115 Å². The second kappa shape index (κ2) is 21.3. The number of carbonyl (C=O) groups excluding carboxylic acids is 1. The molecule has 2 aromatic heterocycles. The lowest BCUT2D eigenvalue weighted by molar-refractivity contribution is -0.128. The van der Waals surface area contributed by atoms with Crippen molar-refractivity contribution in [3.05, 3.63) is 136 Å². The first-order valence-corrected chi connectivity index (χ1v) is 23.2. The van der Waals surface area contributed by atoms with E-state index in [1.165, 1.54) is 5.56 Å². The van der Waals surface area contributed by atoms with Gasteiger partial charge in [-0.3, -0.25) is 24.9 Å². The van der Waals surface area contributed by atoms with Gasteiger partial charge in [-0.05, 0) is 106 Å². The van der Waals surface area contributed by atoms with Crippen molar-refractivity contribution in [3.63, 3.8) is 0 Å². The first-order chi connectivity index (χ1) is 31.2. The molecular formula is C51H58Cl2FN7O3. The van der Waals surface area contributed by atoms with Gasteiger partial charge in [-0.2, -0.15) is 0 Å². The molecule has 10 nitrogen and oxygen atoms in total. The zero-order chi connectivity index (χ0) is 44.5. The second-order valence-electron chi connectivity index (χ2n) is 17.1. The normalized spacial score (nSPS) is 15.7. The Balaban J connectivity index is 0.907. The number of carbonyl (C=O) groups is 1. The predicted molar refractivity (Wildman–Crippen MR) is 256 cm³/mol. The quantitative estimate of drug-likeness (QED) is 0.0735. The second-order valence-corrected chi connectivity index (χ2v) is 17.9. The number of nitrogens with zero attached hydrogens (tertiary/aromatic N) is 4. The molecule has 4 aromatic carbocycles. The average Bonchev–Trinajstić information content (AvgIpc) is 3.67. The Hall–Kier alpha value is -5.01. The van der Waals surface area contributed by atoms with E-state index >= 15 is 0 Å². The molecule has 0 aliphatic carbocycles. The van der Waals surface area contributed by atoms with Crippen LogP contribution in [-0.2, 0) is 31.0 Å². The zero-order valence-electron chi connectivity index (χ0n) is 36.7. The molecule has 0 unspecified atom stereocenters. The van der Waals surface area contributed by atoms with Crippen LogP contribution in [0.2, 0.25) is 10.0 Å². The van der Waals surface area contributed by atoms with Gasteiger partial charge in [0.25, 0.3) is 0 Å². The number of nitrogens with one attached hydrogen (secondary N) is 3. The minimum atomic E-state index is -0.870. The minimum Gasteiger partial charge on any atom is -0.490 e. The Morgan fingerprint density at radius 1 is 0.859 bits per heavy atom. The third kappa shape index (κ3) is 11.1. The van der Waals surface area contributed by atoms with Crippen molar-refractivity contribution >= 4 is 40.0 Å². The van der Waals surface area contributed by atoms with Crippen molar-refractivity contribution in [1.82, 2.24) is 35.3 Å². The number of benzene rings is 4. The topological polar surface area (TPSA) is 95.9 Å². The molecule has 0 saturated carbocycles. The molecule has 8 rings (SSSR count). The van der Waals surface area contributed by atoms with Crippen LogP contribution < -0.4 is 25.4 Å². The fourth-order valence-corrected chi connectivity index (χ4v) is 9.41. The maximum absolute atomic E-state index is 14.0. The van der Waals surface area contributed by atoms with E-state index in [1.807, 2.05) is 92.8 Å². The molecule has 4 heterocycles. The number of halogens is 3. The lowest BCUT2D eigenvalue weighted by Crippen LogP contribution is -2.61. The van der Waals surface area contributed by atoms with Crippen LogP contribution in [0.15, 0.2) is 109 Å². The number of pyridine rings is 1. The highest BCUT2D eigenvalue weighted by Crippen LogP contribution is 2.34. The summed E-state index contributed by atoms with van der Waals surface area (Å²) in [6.07, 6.45) is 6.27. The summed E-state index contributed by atoms with van der Waals surface area (Å²) in [7, 11) is 0. The molecule has 64 heavy (non-hydrogen) atoms. The number of fused-ring (bicyclic) bond motifs is 1. The van der Waals surface area contributed by atoms with Gasteiger partial charge in [-0.15, -0.1) is 0 Å². The summed E-state index contributed by atoms with van der Waals surface area (Å²) in [6.45, 7) is 11.8. The smallest absolute Gasteiger partial charge is 0.240 e. The van der Waals surface area contributed by atoms with Crippen LogP contribution in [0, 0.1) is 0 Å². The van der Waals surface area contributed by atoms with Gasteiger partial charge in [0, 0.05) is 114 Å². The first-order valence-electron chi connectivity index (χ1n) is 22.4. The van der Waals surface area contributed by atoms with Crippen molar-refractivity contribution in [2.75, 3.05) is 52.7 Å². The molecular weight excluding hydrogens is 849 g/mol. The summed E-state index contributed by atoms with van der Waals surface area (Å²) >= 11 is 13.0. The number of rotatable bonds is 18. The minimum absolute atomic E-state index is 0.0251. The molecule has 1 amide bonds. The molecule has 3 N–H and O–H groups in total. The number of amides is 1. The Labute approximate surface area is 386 Å². The molecule has 2 fully saturated rings. The van der Waals surface area contributed by atoms with Gasteiger partial charge >= 0.3 is 0 Å². The third-order valence-electron chi connectivity index (χ3n) is 12.4. The fraction of sp³-hybridized carbons (Fsp3) is 0.373. The van der Waals surface area contributed by atoms with E-state index in [2.05, 4.69) is 60.8 Å². The molecule has 0 spiro atoms. The van der Waals surface area contributed by atoms with Gasteiger partial charge in [0.2, 0.25) is 12.8 Å². The van der Waals surface area contributed by atoms with E-state index in [1.54, 1.807) is 0 Å². The molecule has 0 bridgehead atoms. The van der Waals surface area contributed by atoms with E-state index in [4.69, 9.17) is 37.7 Å². The van der Waals surface area contributed by atoms with Crippen molar-refractivity contribution in [2.24, 2.45) is 0 Å². The van der Waals surface area contributed by atoms with E-state index in [-0.39, 0.29) is 12.0 Å². The van der Waals surface area contributed by atoms with Crippen molar-refractivity contribution in [1.29, 1.82) is 0 Å². The summed E-state index contributed by atoms with van der Waals surface area (Å²) in [4.78, 5) is 23.7. The number of piperazine rings is 1. The molecule has 336 valence electrons. The summed E-state index contributed by atoms with van der Waals surface area (Å²) < 4.78 is 26.4. The van der Waals surface area contributed by atoms with Crippen molar-refractivity contribution in [3.8, 4) is 33.8 Å². The number of ether oxygens (including phenoxy) is 2. The van der Waals surface area contributed by atoms with Gasteiger partial charge < -0.3 is 24.7 Å². The number of hydrogen-bond acceptors (Lipinski definition) is 8. The highest BCUT2D eigenvalue weighted by Gasteiger charge is 2.39. The standard InChI is InChI=1S/C51H58Cl2FN7O3/c1-36(2)64-49-10-4-3-7-42(49)39-12-15-40(57-30-39)31-58-51(19-22-55-23-20-51)50(62)56-21-6-24-61-34-44(38-13-16-41(17-14-38)63-35-54)43-29-37(11-18-48(43)61)32-59-25-27-60(28-26-59)33-45-46(52)8-5-9-47(45)53/h3-5,7-18,29-30,34,36,55,58H,6,19-28,31-33,35H2,1-2H3,(H,56,62). The predicted octanol–water partition coefficient (Wildman–Crippen LogP) is 9.51. The van der Waals surface area contributed by atoms with E-state index in [0.29, 0.717) is 41.7 Å². The Kier molecular flexibility index (Phi) is 15.2. The lowest BCUT2D eigenvalue weighted by atomic mass is 9.87. The molecule has 13 heteroatoms. The fourth-order valence-electron chi connectivity index (χ4n) is 8.89. The first kappa shape index (κ1) is 45.6. The molecule has 0 atom stereocenters. The van der Waals surface area contributed by atoms with Crippen LogP contribution in [0.5, 0.6) is 11.5 Å². The molecule has 6 aromatic rings. The highest BCUT2D eigenvalue weighted by molar-refractivity contribution is 6.36. The number of aryl methyl sites for hydroxylation is 1. The summed E-state index contributed by atoms with van der Waals surface area (Å²) in [5.41, 5.74) is 7.65. The van der Waals surface area contributed by atoms with E-state index < -0.39 is 12.4 Å². The van der Waals surface area contributed by atoms with Crippen molar-refractivity contribution in [2.45, 2.75) is 70.9 Å². The summed E-state index contributed by atoms with van der Waals surface area (Å²) in [5.74, 6) is 1.35. The Morgan fingerprint density at radius 2 is 1.58 bits per heavy atom. The number of alkyl halides is 1. The number of hydrogen-bond donors (Lipinski definition) is 3. The molecule has 2 saturated heterocycles. The van der Waals surface area contributed by atoms with E-state index in [9.17, 15) is 9.18 Å². The monoisotopic (exact) mass is 905 g/mol. The maximum Gasteiger partial charge on any atom is 0.240 e. The third-order valence-corrected chi connectivity index (χ3v) is 13.1. The van der Waals surface area contributed by atoms with Crippen LogP contribution in [-0.4, -0.2) is 89.6 Å². The van der Waals surface area contributed by atoms with Crippen LogP contribution in [0.1, 0.15) is 49.9 Å². The Bertz CT molecular complexity index is 2460.